The zero-order valence-corrected chi connectivity index (χ0v) is 31.0. The number of hydrogen-bond donors (Lipinski definition) is 3. The molecule has 0 aromatic heterocycles. The molecule has 278 valence electrons. The van der Waals surface area contributed by atoms with Gasteiger partial charge in [-0.25, -0.2) is 4.79 Å². The highest BCUT2D eigenvalue weighted by Crippen LogP contribution is 2.29. The monoisotopic (exact) mass is 738 g/mol. The highest BCUT2D eigenvalue weighted by atomic mass is 35.5. The van der Waals surface area contributed by atoms with E-state index in [4.69, 9.17) is 21.1 Å². The first kappa shape index (κ1) is 38.3. The second kappa shape index (κ2) is 18.6. The van der Waals surface area contributed by atoms with Gasteiger partial charge >= 0.3 is 13.2 Å². The van der Waals surface area contributed by atoms with Crippen LogP contribution in [0.1, 0.15) is 29.5 Å². The van der Waals surface area contributed by atoms with Gasteiger partial charge in [0.25, 0.3) is 0 Å². The first-order chi connectivity index (χ1) is 25.8. The minimum Gasteiger partial charge on any atom is -0.497 e. The molecule has 4 aromatic carbocycles. The number of amides is 2. The van der Waals surface area contributed by atoms with Gasteiger partial charge in [0, 0.05) is 55.3 Å². The molecule has 0 radical (unpaired) electrons. The molecule has 2 saturated heterocycles. The number of benzene rings is 4. The van der Waals surface area contributed by atoms with Crippen molar-refractivity contribution in [3.8, 4) is 16.9 Å². The third kappa shape index (κ3) is 10.2. The van der Waals surface area contributed by atoms with E-state index in [-0.39, 0.29) is 18.4 Å². The van der Waals surface area contributed by atoms with Crippen molar-refractivity contribution in [2.45, 2.75) is 38.5 Å². The molecule has 4 aromatic rings. The lowest BCUT2D eigenvalue weighted by Crippen LogP contribution is -2.58. The molecule has 6 rings (SSSR count). The highest BCUT2D eigenvalue weighted by Gasteiger charge is 2.37. The summed E-state index contributed by atoms with van der Waals surface area (Å²) in [5, 5.41) is 23.3. The largest absolute Gasteiger partial charge is 0.497 e. The Morgan fingerprint density at radius 3 is 2.23 bits per heavy atom. The first-order valence-corrected chi connectivity index (χ1v) is 18.7. The van der Waals surface area contributed by atoms with Gasteiger partial charge in [0.1, 0.15) is 18.4 Å². The summed E-state index contributed by atoms with van der Waals surface area (Å²) >= 11 is 6.43. The number of carbonyl (C=O) groups excluding carboxylic acids is 2. The SMILES string of the molecule is COc1c(CN2CCN(C(=O)[C@H](NC(=O)OCc3ccccc3)C3CCN(CCc4cc(Cl)ccc4-c4ccccc4)CC3)CC2)cccc1B(O)O. The van der Waals surface area contributed by atoms with Crippen LogP contribution in [0.25, 0.3) is 11.1 Å². The lowest BCUT2D eigenvalue weighted by molar-refractivity contribution is -0.137. The number of piperazine rings is 1. The molecule has 0 spiro atoms. The van der Waals surface area contributed by atoms with Crippen LogP contribution in [0.2, 0.25) is 5.02 Å². The van der Waals surface area contributed by atoms with Crippen LogP contribution >= 0.6 is 11.6 Å². The average Bonchev–Trinajstić information content (AvgIpc) is 3.19. The van der Waals surface area contributed by atoms with Crippen molar-refractivity contribution in [1.29, 1.82) is 0 Å². The lowest BCUT2D eigenvalue weighted by Gasteiger charge is -2.40. The Labute approximate surface area is 317 Å². The molecular weight excluding hydrogens is 691 g/mol. The second-order valence-corrected chi connectivity index (χ2v) is 14.2. The normalized spacial score (nSPS) is 16.2. The Morgan fingerprint density at radius 1 is 0.849 bits per heavy atom. The number of carbonyl (C=O) groups is 2. The third-order valence-corrected chi connectivity index (χ3v) is 10.6. The van der Waals surface area contributed by atoms with Crippen molar-refractivity contribution >= 4 is 36.2 Å². The van der Waals surface area contributed by atoms with Gasteiger partial charge in [-0.3, -0.25) is 9.69 Å². The molecule has 10 nitrogen and oxygen atoms in total. The van der Waals surface area contributed by atoms with E-state index in [1.54, 1.807) is 12.1 Å². The molecule has 2 aliphatic heterocycles. The fraction of sp³-hybridized carbons (Fsp3) is 0.366. The summed E-state index contributed by atoms with van der Waals surface area (Å²) in [6.07, 6.45) is 1.79. The molecule has 0 bridgehead atoms. The molecule has 3 N–H and O–H groups in total. The Hall–Kier alpha value is -4.39. The molecule has 0 saturated carbocycles. The van der Waals surface area contributed by atoms with E-state index in [1.807, 2.05) is 65.6 Å². The predicted octanol–water partition coefficient (Wildman–Crippen LogP) is 4.59. The van der Waals surface area contributed by atoms with Gasteiger partial charge in [-0.05, 0) is 72.7 Å². The maximum absolute atomic E-state index is 14.2. The summed E-state index contributed by atoms with van der Waals surface area (Å²) in [6.45, 7) is 5.41. The summed E-state index contributed by atoms with van der Waals surface area (Å²) in [5.74, 6) is 0.327. The van der Waals surface area contributed by atoms with Crippen molar-refractivity contribution in [3.63, 3.8) is 0 Å². The average molecular weight is 739 g/mol. The topological polar surface area (TPSA) is 115 Å². The summed E-state index contributed by atoms with van der Waals surface area (Å²) in [4.78, 5) is 33.9. The maximum atomic E-state index is 14.2. The van der Waals surface area contributed by atoms with Gasteiger partial charge in [-0.15, -0.1) is 0 Å². The number of alkyl carbamates (subject to hydrolysis) is 1. The maximum Gasteiger partial charge on any atom is 0.492 e. The molecule has 0 aliphatic carbocycles. The molecule has 2 heterocycles. The van der Waals surface area contributed by atoms with E-state index in [1.165, 1.54) is 23.8 Å². The molecule has 12 heteroatoms. The number of piperidine rings is 1. The van der Waals surface area contributed by atoms with Crippen molar-refractivity contribution in [2.24, 2.45) is 5.92 Å². The quantitative estimate of drug-likeness (QED) is 0.171. The van der Waals surface area contributed by atoms with Gasteiger partial charge < -0.3 is 34.6 Å². The number of nitrogens with one attached hydrogen (secondary N) is 1. The number of para-hydroxylation sites is 1. The number of ether oxygens (including phenoxy) is 2. The fourth-order valence-corrected chi connectivity index (χ4v) is 7.67. The van der Waals surface area contributed by atoms with Crippen LogP contribution in [0.4, 0.5) is 4.79 Å². The van der Waals surface area contributed by atoms with Crippen LogP contribution in [0, 0.1) is 5.92 Å². The Balaban J connectivity index is 1.08. The molecular formula is C41H48BClN4O6. The van der Waals surface area contributed by atoms with Crippen molar-refractivity contribution in [2.75, 3.05) is 52.9 Å². The summed E-state index contributed by atoms with van der Waals surface area (Å²) in [6, 6.07) is 30.6. The van der Waals surface area contributed by atoms with Crippen molar-refractivity contribution in [1.82, 2.24) is 20.0 Å². The zero-order valence-electron chi connectivity index (χ0n) is 30.2. The van der Waals surface area contributed by atoms with Crippen LogP contribution < -0.4 is 15.5 Å². The molecule has 2 amide bonds. The number of halogens is 1. The van der Waals surface area contributed by atoms with Crippen LogP contribution in [0.3, 0.4) is 0 Å². The Kier molecular flexibility index (Phi) is 13.4. The minimum atomic E-state index is -1.63. The van der Waals surface area contributed by atoms with E-state index in [2.05, 4.69) is 39.4 Å². The zero-order chi connectivity index (χ0) is 37.2. The Morgan fingerprint density at radius 2 is 1.55 bits per heavy atom. The number of likely N-dealkylation sites (tertiary alicyclic amines) is 1. The minimum absolute atomic E-state index is 0.0379. The molecule has 53 heavy (non-hydrogen) atoms. The predicted molar refractivity (Wildman–Crippen MR) is 208 cm³/mol. The summed E-state index contributed by atoms with van der Waals surface area (Å²) in [5.41, 5.74) is 5.60. The number of rotatable bonds is 13. The molecule has 2 fully saturated rings. The summed E-state index contributed by atoms with van der Waals surface area (Å²) < 4.78 is 11.1. The summed E-state index contributed by atoms with van der Waals surface area (Å²) in [7, 11) is -0.115. The highest BCUT2D eigenvalue weighted by molar-refractivity contribution is 6.59. The van der Waals surface area contributed by atoms with Gasteiger partial charge in [-0.2, -0.15) is 0 Å². The van der Waals surface area contributed by atoms with E-state index < -0.39 is 19.3 Å². The van der Waals surface area contributed by atoms with E-state index >= 15 is 0 Å². The fourth-order valence-electron chi connectivity index (χ4n) is 7.48. The van der Waals surface area contributed by atoms with Gasteiger partial charge in [0.15, 0.2) is 0 Å². The standard InChI is InChI=1S/C41H48BClN4O6/c1-52-39-34(13-8-14-37(39)42(50)51)28-46-23-25-47(26-24-46)40(48)38(44-41(49)53-29-30-9-4-2-5-10-30)32-17-20-45(21-18-32)22-19-33-27-35(43)15-16-36(33)31-11-6-3-7-12-31/h2-16,27,32,38,50-51H,17-26,28-29H2,1H3,(H,44,49)/t38-/m1/s1. The van der Waals surface area contributed by atoms with Gasteiger partial charge in [0.05, 0.1) is 7.11 Å². The van der Waals surface area contributed by atoms with Crippen LogP contribution in [0.15, 0.2) is 97.1 Å². The number of methoxy groups -OCH3 is 1. The number of hydrogen-bond acceptors (Lipinski definition) is 8. The smallest absolute Gasteiger partial charge is 0.492 e. The number of nitrogens with zero attached hydrogens (tertiary/aromatic N) is 3. The van der Waals surface area contributed by atoms with Gasteiger partial charge in [0.2, 0.25) is 5.91 Å². The van der Waals surface area contributed by atoms with Crippen LogP contribution in [0.5, 0.6) is 5.75 Å². The van der Waals surface area contributed by atoms with Crippen molar-refractivity contribution in [3.05, 3.63) is 119 Å². The third-order valence-electron chi connectivity index (χ3n) is 10.4. The molecule has 2 aliphatic rings. The second-order valence-electron chi connectivity index (χ2n) is 13.8. The lowest BCUT2D eigenvalue weighted by atomic mass is 9.78. The van der Waals surface area contributed by atoms with Crippen LogP contribution in [-0.2, 0) is 29.1 Å². The molecule has 1 atom stereocenters. The van der Waals surface area contributed by atoms with E-state index in [9.17, 15) is 19.6 Å². The van der Waals surface area contributed by atoms with Crippen molar-refractivity contribution < 1.29 is 29.1 Å². The van der Waals surface area contributed by atoms with E-state index in [0.717, 1.165) is 55.0 Å². The van der Waals surface area contributed by atoms with E-state index in [0.29, 0.717) is 43.9 Å². The Bertz CT molecular complexity index is 1800. The molecule has 0 unspecified atom stereocenters. The van der Waals surface area contributed by atoms with Crippen LogP contribution in [-0.4, -0.2) is 103 Å². The van der Waals surface area contributed by atoms with Gasteiger partial charge in [-0.1, -0.05) is 96.5 Å². The first-order valence-electron chi connectivity index (χ1n) is 18.4.